The minimum absolute atomic E-state index is 0.267. The molecular formula is C13H18BrN3O2. The van der Waals surface area contributed by atoms with Crippen molar-refractivity contribution >= 4 is 27.7 Å². The highest BCUT2D eigenvalue weighted by Gasteiger charge is 2.20. The number of hydrogen-bond donors (Lipinski definition) is 1. The van der Waals surface area contributed by atoms with Gasteiger partial charge >= 0.3 is 5.97 Å². The molecule has 1 N–H and O–H groups in total. The molecule has 0 aromatic carbocycles. The third kappa shape index (κ3) is 3.45. The Morgan fingerprint density at radius 3 is 2.47 bits per heavy atom. The van der Waals surface area contributed by atoms with Crippen molar-refractivity contribution in [3.63, 3.8) is 0 Å². The number of aromatic carboxylic acids is 1. The topological polar surface area (TPSA) is 56.7 Å². The van der Waals surface area contributed by atoms with Crippen LogP contribution in [0.4, 0.5) is 5.82 Å². The first-order valence-electron chi connectivity index (χ1n) is 6.37. The molecule has 0 unspecified atom stereocenters. The van der Waals surface area contributed by atoms with Crippen molar-refractivity contribution in [2.75, 3.05) is 31.1 Å². The molecule has 1 fully saturated rings. The van der Waals surface area contributed by atoms with E-state index >= 15 is 0 Å². The van der Waals surface area contributed by atoms with Gasteiger partial charge in [-0.2, -0.15) is 0 Å². The number of nitrogens with zero attached hydrogens (tertiary/aromatic N) is 3. The van der Waals surface area contributed by atoms with Crippen LogP contribution >= 0.6 is 15.9 Å². The molecule has 0 aliphatic carbocycles. The summed E-state index contributed by atoms with van der Waals surface area (Å²) in [6, 6.07) is 3.71. The Bertz CT molecular complexity index is 471. The van der Waals surface area contributed by atoms with Crippen LogP contribution in [0, 0.1) is 0 Å². The highest BCUT2D eigenvalue weighted by molar-refractivity contribution is 9.10. The number of carboxylic acids is 1. The van der Waals surface area contributed by atoms with Crippen LogP contribution in [0.15, 0.2) is 16.7 Å². The van der Waals surface area contributed by atoms with Crippen LogP contribution in [0.3, 0.4) is 0 Å². The molecule has 0 amide bonds. The van der Waals surface area contributed by atoms with Gasteiger partial charge in [-0.25, -0.2) is 9.78 Å². The summed E-state index contributed by atoms with van der Waals surface area (Å²) in [6.07, 6.45) is 0. The van der Waals surface area contributed by atoms with E-state index in [9.17, 15) is 4.79 Å². The van der Waals surface area contributed by atoms with E-state index in [4.69, 9.17) is 5.11 Å². The van der Waals surface area contributed by atoms with Gasteiger partial charge in [0, 0.05) is 32.2 Å². The van der Waals surface area contributed by atoms with Gasteiger partial charge < -0.3 is 10.0 Å². The van der Waals surface area contributed by atoms with Gasteiger partial charge in [0.2, 0.25) is 0 Å². The first-order chi connectivity index (χ1) is 8.97. The second-order valence-corrected chi connectivity index (χ2v) is 5.77. The number of halogens is 1. The van der Waals surface area contributed by atoms with Gasteiger partial charge in [-0.3, -0.25) is 4.90 Å². The molecule has 0 spiro atoms. The molecule has 1 aromatic rings. The van der Waals surface area contributed by atoms with Gasteiger partial charge in [0.1, 0.15) is 10.4 Å². The quantitative estimate of drug-likeness (QED) is 0.861. The number of pyridine rings is 1. The largest absolute Gasteiger partial charge is 0.478 e. The van der Waals surface area contributed by atoms with Crippen LogP contribution in [0.25, 0.3) is 0 Å². The zero-order chi connectivity index (χ0) is 14.0. The summed E-state index contributed by atoms with van der Waals surface area (Å²) in [5.41, 5.74) is 0.267. The summed E-state index contributed by atoms with van der Waals surface area (Å²) >= 11 is 3.27. The standard InChI is InChI=1S/C13H18BrN3O2/c1-9(2)16-3-5-17(6-4-16)12-8-10(13(18)19)7-11(14)15-12/h7-9H,3-6H2,1-2H3,(H,18,19). The van der Waals surface area contributed by atoms with Gasteiger partial charge in [-0.15, -0.1) is 0 Å². The average molecular weight is 328 g/mol. The Labute approximate surface area is 121 Å². The summed E-state index contributed by atoms with van der Waals surface area (Å²) in [7, 11) is 0. The molecule has 2 heterocycles. The molecule has 1 aromatic heterocycles. The molecule has 1 saturated heterocycles. The fourth-order valence-corrected chi connectivity index (χ4v) is 2.66. The highest BCUT2D eigenvalue weighted by atomic mass is 79.9. The van der Waals surface area contributed by atoms with Crippen molar-refractivity contribution in [1.82, 2.24) is 9.88 Å². The number of carbonyl (C=O) groups is 1. The Morgan fingerprint density at radius 1 is 1.32 bits per heavy atom. The molecule has 5 nitrogen and oxygen atoms in total. The van der Waals surface area contributed by atoms with Gasteiger partial charge in [-0.1, -0.05) is 0 Å². The number of hydrogen-bond acceptors (Lipinski definition) is 4. The first kappa shape index (κ1) is 14.3. The Balaban J connectivity index is 2.13. The summed E-state index contributed by atoms with van der Waals surface area (Å²) < 4.78 is 0.564. The molecule has 0 atom stereocenters. The lowest BCUT2D eigenvalue weighted by Crippen LogP contribution is -2.49. The third-order valence-electron chi connectivity index (χ3n) is 3.40. The Kier molecular flexibility index (Phi) is 4.42. The number of aromatic nitrogens is 1. The molecular weight excluding hydrogens is 310 g/mol. The third-order valence-corrected chi connectivity index (χ3v) is 3.80. The van der Waals surface area contributed by atoms with Crippen molar-refractivity contribution in [2.45, 2.75) is 19.9 Å². The molecule has 2 rings (SSSR count). The predicted molar refractivity (Wildman–Crippen MR) is 77.8 cm³/mol. The van der Waals surface area contributed by atoms with Gasteiger partial charge in [0.05, 0.1) is 5.56 Å². The number of carboxylic acid groups (broad SMARTS) is 1. The minimum Gasteiger partial charge on any atom is -0.478 e. The van der Waals surface area contributed by atoms with Crippen LogP contribution in [0.1, 0.15) is 24.2 Å². The zero-order valence-electron chi connectivity index (χ0n) is 11.1. The lowest BCUT2D eigenvalue weighted by atomic mass is 10.2. The first-order valence-corrected chi connectivity index (χ1v) is 7.16. The molecule has 0 radical (unpaired) electrons. The predicted octanol–water partition coefficient (Wildman–Crippen LogP) is 2.07. The summed E-state index contributed by atoms with van der Waals surface area (Å²) in [5, 5.41) is 9.07. The lowest BCUT2D eigenvalue weighted by Gasteiger charge is -2.37. The van der Waals surface area contributed by atoms with Crippen LogP contribution in [-0.2, 0) is 0 Å². The average Bonchev–Trinajstić information content (AvgIpc) is 2.38. The Hall–Kier alpha value is -1.14. The number of anilines is 1. The Morgan fingerprint density at radius 2 is 1.95 bits per heavy atom. The van der Waals surface area contributed by atoms with E-state index in [1.54, 1.807) is 6.07 Å². The van der Waals surface area contributed by atoms with Crippen LogP contribution in [-0.4, -0.2) is 53.2 Å². The SMILES string of the molecule is CC(C)N1CCN(c2cc(C(=O)O)cc(Br)n2)CC1. The van der Waals surface area contributed by atoms with Crippen molar-refractivity contribution in [1.29, 1.82) is 0 Å². The molecule has 19 heavy (non-hydrogen) atoms. The molecule has 6 heteroatoms. The normalized spacial score (nSPS) is 16.9. The smallest absolute Gasteiger partial charge is 0.335 e. The van der Waals surface area contributed by atoms with E-state index in [0.717, 1.165) is 32.0 Å². The van der Waals surface area contributed by atoms with Crippen LogP contribution in [0.2, 0.25) is 0 Å². The summed E-state index contributed by atoms with van der Waals surface area (Å²) in [5.74, 6) is -0.194. The second-order valence-electron chi connectivity index (χ2n) is 4.96. The molecule has 1 aliphatic heterocycles. The molecule has 1 aliphatic rings. The van der Waals surface area contributed by atoms with E-state index in [-0.39, 0.29) is 5.56 Å². The van der Waals surface area contributed by atoms with E-state index in [1.807, 2.05) is 0 Å². The summed E-state index contributed by atoms with van der Waals surface area (Å²) in [4.78, 5) is 20.0. The second kappa shape index (κ2) is 5.88. The maximum atomic E-state index is 11.1. The van der Waals surface area contributed by atoms with Gasteiger partial charge in [-0.05, 0) is 41.9 Å². The fourth-order valence-electron chi connectivity index (χ4n) is 2.24. The van der Waals surface area contributed by atoms with Crippen LogP contribution in [0.5, 0.6) is 0 Å². The highest BCUT2D eigenvalue weighted by Crippen LogP contribution is 2.20. The van der Waals surface area contributed by atoms with Crippen molar-refractivity contribution < 1.29 is 9.90 Å². The van der Waals surface area contributed by atoms with Gasteiger partial charge in [0.25, 0.3) is 0 Å². The van der Waals surface area contributed by atoms with E-state index < -0.39 is 5.97 Å². The molecule has 104 valence electrons. The lowest BCUT2D eigenvalue weighted by molar-refractivity contribution is 0.0696. The van der Waals surface area contributed by atoms with E-state index in [2.05, 4.69) is 44.6 Å². The molecule has 0 saturated carbocycles. The molecule has 0 bridgehead atoms. The minimum atomic E-state index is -0.926. The zero-order valence-corrected chi connectivity index (χ0v) is 12.7. The van der Waals surface area contributed by atoms with E-state index in [1.165, 1.54) is 6.07 Å². The van der Waals surface area contributed by atoms with Crippen molar-refractivity contribution in [3.05, 3.63) is 22.3 Å². The monoisotopic (exact) mass is 327 g/mol. The number of rotatable bonds is 3. The maximum absolute atomic E-state index is 11.1. The fraction of sp³-hybridized carbons (Fsp3) is 0.538. The van der Waals surface area contributed by atoms with Gasteiger partial charge in [0.15, 0.2) is 0 Å². The van der Waals surface area contributed by atoms with Crippen LogP contribution < -0.4 is 4.90 Å². The summed E-state index contributed by atoms with van der Waals surface area (Å²) in [6.45, 7) is 8.09. The maximum Gasteiger partial charge on any atom is 0.335 e. The van der Waals surface area contributed by atoms with Crippen molar-refractivity contribution in [2.24, 2.45) is 0 Å². The number of piperazine rings is 1. The van der Waals surface area contributed by atoms with Crippen molar-refractivity contribution in [3.8, 4) is 0 Å². The van der Waals surface area contributed by atoms with E-state index in [0.29, 0.717) is 10.6 Å².